The normalized spacial score (nSPS) is 15.4. The van der Waals surface area contributed by atoms with Gasteiger partial charge in [-0.2, -0.15) is 0 Å². The zero-order valence-electron chi connectivity index (χ0n) is 40.5. The molecule has 2 atom stereocenters. The van der Waals surface area contributed by atoms with E-state index in [1.165, 1.54) is 0 Å². The molecule has 16 nitrogen and oxygen atoms in total. The van der Waals surface area contributed by atoms with Gasteiger partial charge in [0.05, 0.1) is 44.7 Å². The van der Waals surface area contributed by atoms with Crippen LogP contribution in [0.15, 0.2) is 146 Å². The molecule has 4 N–H and O–H groups in total. The van der Waals surface area contributed by atoms with Gasteiger partial charge in [0.2, 0.25) is 0 Å². The van der Waals surface area contributed by atoms with Crippen LogP contribution in [0, 0.1) is 0 Å². The zero-order chi connectivity index (χ0) is 52.3. The Morgan fingerprint density at radius 2 is 0.986 bits per heavy atom. The molecule has 11 rings (SSSR count). The maximum atomic E-state index is 13.0. The van der Waals surface area contributed by atoms with Gasteiger partial charge in [-0.15, -0.1) is 0 Å². The van der Waals surface area contributed by atoms with Crippen molar-refractivity contribution in [3.8, 4) is 17.1 Å². The molecule has 2 aliphatic rings. The highest BCUT2D eigenvalue weighted by Crippen LogP contribution is 2.26. The van der Waals surface area contributed by atoms with Gasteiger partial charge in [0.25, 0.3) is 11.8 Å². The van der Waals surface area contributed by atoms with Crippen molar-refractivity contribution in [2.45, 2.75) is 51.3 Å². The first-order chi connectivity index (χ1) is 35.5. The number of likely N-dealkylation sites (tertiary alicyclic amines) is 2. The van der Waals surface area contributed by atoms with E-state index in [0.717, 1.165) is 57.6 Å². The lowest BCUT2D eigenvalue weighted by Crippen LogP contribution is -2.41. The number of rotatable bonds is 7. The average Bonchev–Trinajstić information content (AvgIpc) is 4.24. The quantitative estimate of drug-likeness (QED) is 0.138. The van der Waals surface area contributed by atoms with Crippen LogP contribution < -0.4 is 11.1 Å². The predicted molar refractivity (Wildman–Crippen MR) is 287 cm³/mol. The minimum absolute atomic E-state index is 0.0159. The fraction of sp³-hybridized carbons (Fsp3) is 0.218. The first-order valence-corrected chi connectivity index (χ1v) is 24.9. The number of amides is 3. The molecule has 0 radical (unpaired) electrons. The maximum Gasteiger partial charge on any atom is 0.407 e. The number of nitrogens with two attached hydrogens (primary N) is 1. The van der Waals surface area contributed by atoms with E-state index in [2.05, 4.69) is 20.3 Å². The summed E-state index contributed by atoms with van der Waals surface area (Å²) in [5, 5.41) is 13.8. The van der Waals surface area contributed by atoms with E-state index in [1.807, 2.05) is 132 Å². The summed E-state index contributed by atoms with van der Waals surface area (Å²) >= 11 is 18.1. The smallest absolute Gasteiger partial charge is 0.407 e. The van der Waals surface area contributed by atoms with Crippen molar-refractivity contribution < 1.29 is 29.0 Å². The lowest BCUT2D eigenvalue weighted by Gasteiger charge is -2.22. The first kappa shape index (κ1) is 51.2. The van der Waals surface area contributed by atoms with Crippen LogP contribution in [0.1, 0.15) is 64.7 Å². The summed E-state index contributed by atoms with van der Waals surface area (Å²) in [6.07, 6.45) is 6.22. The number of hydrogen-bond donors (Lipinski definition) is 3. The third-order valence-electron chi connectivity index (χ3n) is 12.3. The highest BCUT2D eigenvalue weighted by atomic mass is 35.5. The number of nitrogens with one attached hydrogen (secondary N) is 1. The van der Waals surface area contributed by atoms with Crippen molar-refractivity contribution in [2.24, 2.45) is 5.73 Å². The molecule has 9 aromatic rings. The molecule has 0 bridgehead atoms. The third-order valence-corrected chi connectivity index (χ3v) is 13.1. The maximum absolute atomic E-state index is 13.0. The van der Waals surface area contributed by atoms with Gasteiger partial charge < -0.3 is 30.7 Å². The zero-order valence-corrected chi connectivity index (χ0v) is 42.8. The van der Waals surface area contributed by atoms with Crippen molar-refractivity contribution in [3.05, 3.63) is 178 Å². The van der Waals surface area contributed by atoms with Gasteiger partial charge in [0, 0.05) is 75.5 Å². The lowest BCUT2D eigenvalue weighted by atomic mass is 10.1. The molecule has 2 aliphatic heterocycles. The summed E-state index contributed by atoms with van der Waals surface area (Å²) in [5.41, 5.74) is 14.3. The van der Waals surface area contributed by atoms with Crippen LogP contribution in [0.2, 0.25) is 15.1 Å². The Hall–Kier alpha value is -7.76. The molecule has 74 heavy (non-hydrogen) atoms. The second-order valence-corrected chi connectivity index (χ2v) is 20.2. The van der Waals surface area contributed by atoms with E-state index < -0.39 is 17.7 Å². The molecule has 0 spiro atoms. The van der Waals surface area contributed by atoms with Gasteiger partial charge in [-0.3, -0.25) is 23.3 Å². The first-order valence-electron chi connectivity index (χ1n) is 23.7. The van der Waals surface area contributed by atoms with Gasteiger partial charge in [0.1, 0.15) is 24.6 Å². The number of halogens is 3. The summed E-state index contributed by atoms with van der Waals surface area (Å²) in [6, 6.07) is 38.4. The van der Waals surface area contributed by atoms with E-state index in [4.69, 9.17) is 50.4 Å². The van der Waals surface area contributed by atoms with Crippen molar-refractivity contribution in [1.82, 2.24) is 43.8 Å². The van der Waals surface area contributed by atoms with Crippen LogP contribution in [0.25, 0.3) is 50.2 Å². The van der Waals surface area contributed by atoms with Gasteiger partial charge in [-0.25, -0.2) is 24.5 Å². The Labute approximate surface area is 440 Å². The van der Waals surface area contributed by atoms with Crippen LogP contribution in [-0.2, 0) is 4.74 Å². The van der Waals surface area contributed by atoms with E-state index >= 15 is 0 Å². The van der Waals surface area contributed by atoms with Gasteiger partial charge in [-0.1, -0.05) is 53.0 Å². The number of nitrogens with zero attached hydrogens (tertiary/aromatic N) is 8. The molecule has 378 valence electrons. The Morgan fingerprint density at radius 1 is 0.581 bits per heavy atom. The minimum atomic E-state index is -0.959. The summed E-state index contributed by atoms with van der Waals surface area (Å²) in [7, 11) is 0. The number of carboxylic acid groups (broad SMARTS) is 1. The number of carbonyl (C=O) groups excluding carboxylic acids is 3. The summed E-state index contributed by atoms with van der Waals surface area (Å²) in [4.78, 5) is 65.2. The number of fused-ring (bicyclic) bond motifs is 3. The fourth-order valence-corrected chi connectivity index (χ4v) is 9.36. The molecule has 2 saturated heterocycles. The van der Waals surface area contributed by atoms with Gasteiger partial charge >= 0.3 is 12.1 Å². The second-order valence-electron chi connectivity index (χ2n) is 18.9. The lowest BCUT2D eigenvalue weighted by molar-refractivity contribution is 0.0501. The molecule has 19 heteroatoms. The molecule has 3 amide bonds. The molecular weight excluding hydrogens is 1000 g/mol. The van der Waals surface area contributed by atoms with Crippen LogP contribution >= 0.6 is 34.8 Å². The number of aromatic nitrogens is 6. The average molecular weight is 1050 g/mol. The number of benzene rings is 6. The minimum Gasteiger partial charge on any atom is -0.478 e. The van der Waals surface area contributed by atoms with Gasteiger partial charge in [0.15, 0.2) is 0 Å². The van der Waals surface area contributed by atoms with Crippen molar-refractivity contribution in [3.63, 3.8) is 0 Å². The largest absolute Gasteiger partial charge is 0.478 e. The van der Waals surface area contributed by atoms with E-state index in [1.54, 1.807) is 59.1 Å². The number of aromatic carboxylic acids is 1. The van der Waals surface area contributed by atoms with Crippen molar-refractivity contribution in [2.75, 3.05) is 26.2 Å². The number of ether oxygens (including phenoxy) is 1. The molecule has 2 fully saturated rings. The predicted octanol–water partition coefficient (Wildman–Crippen LogP) is 10.6. The highest BCUT2D eigenvalue weighted by molar-refractivity contribution is 6.31. The summed E-state index contributed by atoms with van der Waals surface area (Å²) in [6.45, 7) is 7.83. The fourth-order valence-electron chi connectivity index (χ4n) is 8.81. The molecule has 5 heterocycles. The van der Waals surface area contributed by atoms with Crippen LogP contribution in [0.4, 0.5) is 4.79 Å². The van der Waals surface area contributed by atoms with E-state index in [0.29, 0.717) is 57.8 Å². The summed E-state index contributed by atoms with van der Waals surface area (Å²) < 4.78 is 11.1. The van der Waals surface area contributed by atoms with E-state index in [-0.39, 0.29) is 29.5 Å². The van der Waals surface area contributed by atoms with Gasteiger partial charge in [-0.05, 0) is 143 Å². The standard InChI is InChI=1S/C23H25ClN4O3.C18H17ClN4O.C14H9ClN2O2/c1-23(2,3)31-22(30)26-17-9-10-27(13-17)21(29)15-7-8-20-19(11-15)25-14-28(20)18-6-4-5-16(24)12-18;19-13-2-1-3-15(9-13)23-11-21-16-8-12(4-5-17(16)23)18(24)22-7-6-14(20)10-22;15-10-2-1-3-11(7-10)17-8-16-12-6-9(14(18)19)4-5-13(12)17/h4-8,11-12,14,17H,9-10,13H2,1-3H3,(H,26,30);1-5,8-9,11,14H,6-7,10,20H2;1-8H,(H,18,19). The number of imidazole rings is 3. The molecular formula is C55H51Cl3N10O6. The Morgan fingerprint density at radius 3 is 1.38 bits per heavy atom. The number of carbonyl (C=O) groups is 4. The molecule has 0 aliphatic carbocycles. The SMILES string of the molecule is CC(C)(C)OC(=O)NC1CCN(C(=O)c2ccc3c(c2)ncn3-c2cccc(Cl)c2)C1.NC1CCN(C(=O)c2ccc3c(c2)ncn3-c2cccc(Cl)c2)C1.O=C(O)c1ccc2c(c1)ncn2-c1cccc(Cl)c1. The number of carboxylic acids is 1. The molecule has 6 aromatic carbocycles. The number of hydrogen-bond acceptors (Lipinski definition) is 9. The third kappa shape index (κ3) is 11.9. The monoisotopic (exact) mass is 1050 g/mol. The second kappa shape index (κ2) is 21.8. The molecule has 3 aromatic heterocycles. The highest BCUT2D eigenvalue weighted by Gasteiger charge is 2.30. The van der Waals surface area contributed by atoms with Crippen LogP contribution in [0.3, 0.4) is 0 Å². The van der Waals surface area contributed by atoms with Crippen molar-refractivity contribution in [1.29, 1.82) is 0 Å². The van der Waals surface area contributed by atoms with Crippen LogP contribution in [0.5, 0.6) is 0 Å². The Bertz CT molecular complexity index is 3570. The topological polar surface area (TPSA) is 196 Å². The Balaban J connectivity index is 0.000000140. The molecule has 2 unspecified atom stereocenters. The number of alkyl carbamates (subject to hydrolysis) is 1. The van der Waals surface area contributed by atoms with E-state index in [9.17, 15) is 19.2 Å². The Kier molecular flexibility index (Phi) is 15.0. The van der Waals surface area contributed by atoms with Crippen LogP contribution in [-0.4, -0.2) is 111 Å². The molecule has 0 saturated carbocycles. The summed E-state index contributed by atoms with van der Waals surface area (Å²) in [5.74, 6) is -1.02. The van der Waals surface area contributed by atoms with Crippen molar-refractivity contribution >= 4 is 91.8 Å².